The highest BCUT2D eigenvalue weighted by atomic mass is 35.5. The largest absolute Gasteiger partial charge is 0.358 e. The molecule has 0 aliphatic carbocycles. The van der Waals surface area contributed by atoms with Crippen molar-refractivity contribution in [2.24, 2.45) is 0 Å². The van der Waals surface area contributed by atoms with E-state index in [0.717, 1.165) is 5.69 Å². The van der Waals surface area contributed by atoms with Crippen LogP contribution in [0.25, 0.3) is 0 Å². The molecule has 110 valence electrons. The van der Waals surface area contributed by atoms with Gasteiger partial charge in [0.2, 0.25) is 5.91 Å². The maximum Gasteiger partial charge on any atom is 0.237 e. The van der Waals surface area contributed by atoms with Crippen LogP contribution in [0.2, 0.25) is 4.34 Å². The van der Waals surface area contributed by atoms with E-state index in [4.69, 9.17) is 11.6 Å². The van der Waals surface area contributed by atoms with Gasteiger partial charge in [0, 0.05) is 31.7 Å². The van der Waals surface area contributed by atoms with Crippen LogP contribution in [0.3, 0.4) is 0 Å². The quantitative estimate of drug-likeness (QED) is 0.937. The van der Waals surface area contributed by atoms with Crippen molar-refractivity contribution in [3.8, 4) is 0 Å². The average Bonchev–Trinajstić information content (AvgIpc) is 2.91. The van der Waals surface area contributed by atoms with Crippen LogP contribution in [0.4, 0.5) is 0 Å². The number of nitrogens with zero attached hydrogens (tertiary/aromatic N) is 3. The van der Waals surface area contributed by atoms with Gasteiger partial charge in [-0.25, -0.2) is 0 Å². The fourth-order valence-corrected chi connectivity index (χ4v) is 3.26. The molecule has 2 heterocycles. The second-order valence-electron chi connectivity index (χ2n) is 5.00. The van der Waals surface area contributed by atoms with Gasteiger partial charge < -0.3 is 5.32 Å². The number of fused-ring (bicyclic) bond motifs is 1. The molecule has 1 atom stereocenters. The van der Waals surface area contributed by atoms with E-state index >= 15 is 0 Å². The van der Waals surface area contributed by atoms with Gasteiger partial charge in [-0.3, -0.25) is 9.69 Å². The molecular weight excluding hydrogens is 308 g/mol. The number of carbonyl (C=O) groups excluding carboxylic acids is 1. The summed E-state index contributed by atoms with van der Waals surface area (Å²) in [4.78, 5) is 14.3. The van der Waals surface area contributed by atoms with E-state index in [1.54, 1.807) is 7.05 Å². The fourth-order valence-electron chi connectivity index (χ4n) is 2.65. The summed E-state index contributed by atoms with van der Waals surface area (Å²) >= 11 is 7.26. The maximum absolute atomic E-state index is 12.2. The Morgan fingerprint density at radius 1 is 1.48 bits per heavy atom. The summed E-state index contributed by atoms with van der Waals surface area (Å²) in [6, 6.07) is 8.01. The van der Waals surface area contributed by atoms with Crippen LogP contribution in [0.15, 0.2) is 24.3 Å². The Kier molecular flexibility index (Phi) is 4.19. The predicted molar refractivity (Wildman–Crippen MR) is 82.2 cm³/mol. The summed E-state index contributed by atoms with van der Waals surface area (Å²) in [5, 5.41) is 6.79. The van der Waals surface area contributed by atoms with Crippen molar-refractivity contribution in [2.45, 2.75) is 25.6 Å². The Bertz CT molecular complexity index is 660. The van der Waals surface area contributed by atoms with E-state index < -0.39 is 0 Å². The zero-order valence-corrected chi connectivity index (χ0v) is 13.1. The van der Waals surface area contributed by atoms with E-state index in [9.17, 15) is 4.79 Å². The molecule has 0 saturated heterocycles. The van der Waals surface area contributed by atoms with Crippen LogP contribution in [-0.4, -0.2) is 33.5 Å². The second-order valence-corrected chi connectivity index (χ2v) is 6.36. The summed E-state index contributed by atoms with van der Waals surface area (Å²) in [5.41, 5.74) is 3.21. The Morgan fingerprint density at radius 2 is 2.24 bits per heavy atom. The lowest BCUT2D eigenvalue weighted by atomic mass is 9.93. The standard InChI is InChI=1S/C14H15ClN4OS/c1-16-14(20)12-6-9-4-2-3-5-10(9)7-19(12)8-11-13(15)21-18-17-11/h2-5,12H,6-8H2,1H3,(H,16,20). The van der Waals surface area contributed by atoms with E-state index in [-0.39, 0.29) is 11.9 Å². The number of hydrogen-bond acceptors (Lipinski definition) is 5. The molecule has 3 rings (SSSR count). The van der Waals surface area contributed by atoms with E-state index in [1.807, 2.05) is 12.1 Å². The first-order valence-corrected chi connectivity index (χ1v) is 7.83. The molecule has 0 bridgehead atoms. The van der Waals surface area contributed by atoms with Crippen molar-refractivity contribution in [1.82, 2.24) is 19.8 Å². The summed E-state index contributed by atoms with van der Waals surface area (Å²) in [7, 11) is 1.67. The van der Waals surface area contributed by atoms with Gasteiger partial charge in [0.25, 0.3) is 0 Å². The number of aromatic nitrogens is 2. The summed E-state index contributed by atoms with van der Waals surface area (Å²) in [6.45, 7) is 1.24. The molecule has 0 radical (unpaired) electrons. The summed E-state index contributed by atoms with van der Waals surface area (Å²) in [6.07, 6.45) is 0.699. The average molecular weight is 323 g/mol. The maximum atomic E-state index is 12.2. The molecule has 1 aromatic heterocycles. The molecule has 0 fully saturated rings. The molecule has 2 aromatic rings. The van der Waals surface area contributed by atoms with Crippen LogP contribution in [-0.2, 0) is 24.3 Å². The van der Waals surface area contributed by atoms with Crippen LogP contribution in [0.5, 0.6) is 0 Å². The minimum Gasteiger partial charge on any atom is -0.358 e. The van der Waals surface area contributed by atoms with Gasteiger partial charge in [-0.1, -0.05) is 40.4 Å². The molecule has 0 spiro atoms. The minimum absolute atomic E-state index is 0.0174. The molecule has 1 amide bonds. The lowest BCUT2D eigenvalue weighted by molar-refractivity contribution is -0.126. The highest BCUT2D eigenvalue weighted by molar-refractivity contribution is 7.10. The van der Waals surface area contributed by atoms with Crippen LogP contribution in [0, 0.1) is 0 Å². The normalized spacial score (nSPS) is 18.3. The van der Waals surface area contributed by atoms with Crippen molar-refractivity contribution in [2.75, 3.05) is 7.05 Å². The zero-order valence-electron chi connectivity index (χ0n) is 11.5. The molecule has 1 aliphatic rings. The Hall–Kier alpha value is -1.50. The Labute approximate surface area is 132 Å². The molecule has 21 heavy (non-hydrogen) atoms. The molecule has 1 aliphatic heterocycles. The van der Waals surface area contributed by atoms with Gasteiger partial charge in [0.05, 0.1) is 6.04 Å². The smallest absolute Gasteiger partial charge is 0.237 e. The molecule has 7 heteroatoms. The number of halogens is 1. The van der Waals surface area contributed by atoms with Crippen LogP contribution in [0.1, 0.15) is 16.8 Å². The van der Waals surface area contributed by atoms with E-state index in [0.29, 0.717) is 23.8 Å². The molecule has 1 N–H and O–H groups in total. The first-order valence-electron chi connectivity index (χ1n) is 6.68. The van der Waals surface area contributed by atoms with Crippen molar-refractivity contribution >= 4 is 29.0 Å². The monoisotopic (exact) mass is 322 g/mol. The van der Waals surface area contributed by atoms with Crippen molar-refractivity contribution in [3.05, 3.63) is 45.4 Å². The number of carbonyl (C=O) groups is 1. The molecule has 5 nitrogen and oxygen atoms in total. The minimum atomic E-state index is -0.206. The number of amides is 1. The lowest BCUT2D eigenvalue weighted by Gasteiger charge is -2.35. The van der Waals surface area contributed by atoms with Gasteiger partial charge in [0.1, 0.15) is 10.0 Å². The number of likely N-dealkylation sites (N-methyl/N-ethyl adjacent to an activating group) is 1. The molecule has 1 unspecified atom stereocenters. The number of nitrogens with one attached hydrogen (secondary N) is 1. The molecular formula is C14H15ClN4OS. The third-order valence-electron chi connectivity index (χ3n) is 3.76. The second kappa shape index (κ2) is 6.09. The van der Waals surface area contributed by atoms with E-state index in [2.05, 4.69) is 31.9 Å². The van der Waals surface area contributed by atoms with Crippen LogP contribution < -0.4 is 5.32 Å². The first-order chi connectivity index (χ1) is 10.2. The fraction of sp³-hybridized carbons (Fsp3) is 0.357. The van der Waals surface area contributed by atoms with Gasteiger partial charge in [-0.2, -0.15) is 0 Å². The highest BCUT2D eigenvalue weighted by Gasteiger charge is 2.31. The predicted octanol–water partition coefficient (Wildman–Crippen LogP) is 1.86. The SMILES string of the molecule is CNC(=O)C1Cc2ccccc2CN1Cc1nnsc1Cl. The van der Waals surface area contributed by atoms with Crippen molar-refractivity contribution < 1.29 is 4.79 Å². The number of benzene rings is 1. The van der Waals surface area contributed by atoms with E-state index in [1.165, 1.54) is 22.7 Å². The Morgan fingerprint density at radius 3 is 2.90 bits per heavy atom. The van der Waals surface area contributed by atoms with Gasteiger partial charge in [-0.15, -0.1) is 5.10 Å². The number of rotatable bonds is 3. The molecule has 0 saturated carbocycles. The number of hydrogen-bond donors (Lipinski definition) is 1. The van der Waals surface area contributed by atoms with Gasteiger partial charge in [-0.05, 0) is 17.5 Å². The summed E-state index contributed by atoms with van der Waals surface area (Å²) < 4.78 is 4.44. The third-order valence-corrected chi connectivity index (χ3v) is 4.74. The van der Waals surface area contributed by atoms with Gasteiger partial charge in [0.15, 0.2) is 0 Å². The summed E-state index contributed by atoms with van der Waals surface area (Å²) in [5.74, 6) is 0.0174. The van der Waals surface area contributed by atoms with Crippen molar-refractivity contribution in [1.29, 1.82) is 0 Å². The Balaban J connectivity index is 1.89. The zero-order chi connectivity index (χ0) is 14.8. The topological polar surface area (TPSA) is 58.1 Å². The van der Waals surface area contributed by atoms with Crippen LogP contribution >= 0.6 is 23.1 Å². The third kappa shape index (κ3) is 2.92. The molecule has 1 aromatic carbocycles. The first kappa shape index (κ1) is 14.4. The van der Waals surface area contributed by atoms with Gasteiger partial charge >= 0.3 is 0 Å². The van der Waals surface area contributed by atoms with Crippen molar-refractivity contribution in [3.63, 3.8) is 0 Å². The highest BCUT2D eigenvalue weighted by Crippen LogP contribution is 2.27. The lowest BCUT2D eigenvalue weighted by Crippen LogP contribution is -2.49.